The molecule has 0 radical (unpaired) electrons. The number of methoxy groups -OCH3 is 1. The number of ether oxygens (including phenoxy) is 1. The van der Waals surface area contributed by atoms with E-state index in [9.17, 15) is 0 Å². The molecule has 2 aromatic heterocycles. The number of hydrogen-bond donors (Lipinski definition) is 1. The lowest BCUT2D eigenvalue weighted by molar-refractivity contribution is 0.410. The summed E-state index contributed by atoms with van der Waals surface area (Å²) in [4.78, 5) is 4.29. The van der Waals surface area contributed by atoms with Crippen molar-refractivity contribution in [2.24, 2.45) is 5.73 Å². The Morgan fingerprint density at radius 3 is 2.95 bits per heavy atom. The Labute approximate surface area is 111 Å². The molecular formula is C15H15N3O. The number of fused-ring (bicyclic) bond motifs is 1. The summed E-state index contributed by atoms with van der Waals surface area (Å²) in [6, 6.07) is 12.1. The van der Waals surface area contributed by atoms with Crippen molar-refractivity contribution < 1.29 is 4.74 Å². The van der Waals surface area contributed by atoms with Gasteiger partial charge in [-0.2, -0.15) is 0 Å². The van der Waals surface area contributed by atoms with Gasteiger partial charge in [0.2, 0.25) is 0 Å². The van der Waals surface area contributed by atoms with Crippen molar-refractivity contribution in [3.8, 4) is 17.0 Å². The number of nitrogens with zero attached hydrogens (tertiary/aromatic N) is 2. The van der Waals surface area contributed by atoms with E-state index in [0.29, 0.717) is 6.54 Å². The van der Waals surface area contributed by atoms with Gasteiger partial charge in [0.25, 0.3) is 0 Å². The average Bonchev–Trinajstić information content (AvgIpc) is 2.94. The molecule has 0 aliphatic rings. The number of imidazole rings is 1. The highest BCUT2D eigenvalue weighted by molar-refractivity contribution is 5.65. The summed E-state index contributed by atoms with van der Waals surface area (Å²) in [6.45, 7) is 0.455. The van der Waals surface area contributed by atoms with Crippen LogP contribution in [-0.2, 0) is 6.54 Å². The number of hydrogen-bond acceptors (Lipinski definition) is 3. The SMILES string of the molecule is COc1ccc(-c2cccc3nccn23)cc1CN. The number of rotatable bonds is 3. The van der Waals surface area contributed by atoms with Crippen LogP contribution in [0.15, 0.2) is 48.8 Å². The molecule has 0 atom stereocenters. The Bertz CT molecular complexity index is 718. The number of pyridine rings is 1. The smallest absolute Gasteiger partial charge is 0.137 e. The van der Waals surface area contributed by atoms with E-state index in [0.717, 1.165) is 28.2 Å². The first-order chi connectivity index (χ1) is 9.33. The van der Waals surface area contributed by atoms with Crippen molar-refractivity contribution in [1.29, 1.82) is 0 Å². The highest BCUT2D eigenvalue weighted by Crippen LogP contribution is 2.26. The second kappa shape index (κ2) is 4.74. The predicted molar refractivity (Wildman–Crippen MR) is 75.1 cm³/mol. The lowest BCUT2D eigenvalue weighted by atomic mass is 10.1. The summed E-state index contributed by atoms with van der Waals surface area (Å²) < 4.78 is 7.36. The van der Waals surface area contributed by atoms with E-state index in [1.807, 2.05) is 30.5 Å². The van der Waals surface area contributed by atoms with Crippen LogP contribution < -0.4 is 10.5 Å². The minimum atomic E-state index is 0.455. The zero-order chi connectivity index (χ0) is 13.2. The summed E-state index contributed by atoms with van der Waals surface area (Å²) in [5.41, 5.74) is 9.89. The normalized spacial score (nSPS) is 10.8. The van der Waals surface area contributed by atoms with Crippen LogP contribution in [0.1, 0.15) is 5.56 Å². The monoisotopic (exact) mass is 253 g/mol. The van der Waals surface area contributed by atoms with Gasteiger partial charge in [0.15, 0.2) is 0 Å². The van der Waals surface area contributed by atoms with Crippen LogP contribution in [0.3, 0.4) is 0 Å². The van der Waals surface area contributed by atoms with E-state index < -0.39 is 0 Å². The Balaban J connectivity index is 2.19. The molecule has 4 heteroatoms. The molecule has 0 spiro atoms. The second-order valence-corrected chi connectivity index (χ2v) is 4.30. The highest BCUT2D eigenvalue weighted by Gasteiger charge is 2.07. The van der Waals surface area contributed by atoms with Gasteiger partial charge in [0, 0.05) is 24.5 Å². The van der Waals surface area contributed by atoms with Crippen LogP contribution >= 0.6 is 0 Å². The van der Waals surface area contributed by atoms with Crippen molar-refractivity contribution in [3.63, 3.8) is 0 Å². The summed E-state index contributed by atoms with van der Waals surface area (Å²) in [5.74, 6) is 0.823. The Morgan fingerprint density at radius 1 is 1.26 bits per heavy atom. The Morgan fingerprint density at radius 2 is 2.16 bits per heavy atom. The zero-order valence-corrected chi connectivity index (χ0v) is 10.7. The third-order valence-corrected chi connectivity index (χ3v) is 3.22. The fourth-order valence-corrected chi connectivity index (χ4v) is 2.28. The molecule has 2 N–H and O–H groups in total. The topological polar surface area (TPSA) is 52.5 Å². The molecule has 0 aliphatic carbocycles. The molecule has 1 aromatic carbocycles. The van der Waals surface area contributed by atoms with E-state index in [1.54, 1.807) is 13.3 Å². The van der Waals surface area contributed by atoms with Crippen LogP contribution in [0.2, 0.25) is 0 Å². The van der Waals surface area contributed by atoms with Gasteiger partial charge >= 0.3 is 0 Å². The summed E-state index contributed by atoms with van der Waals surface area (Å²) in [5, 5.41) is 0. The molecule has 2 heterocycles. The number of nitrogens with two attached hydrogens (primary N) is 1. The van der Waals surface area contributed by atoms with E-state index >= 15 is 0 Å². The van der Waals surface area contributed by atoms with Gasteiger partial charge in [-0.3, -0.25) is 4.40 Å². The van der Waals surface area contributed by atoms with Crippen LogP contribution in [0.4, 0.5) is 0 Å². The van der Waals surface area contributed by atoms with E-state index in [-0.39, 0.29) is 0 Å². The molecular weight excluding hydrogens is 238 g/mol. The zero-order valence-electron chi connectivity index (χ0n) is 10.7. The van der Waals surface area contributed by atoms with Crippen molar-refractivity contribution in [1.82, 2.24) is 9.38 Å². The molecule has 96 valence electrons. The highest BCUT2D eigenvalue weighted by atomic mass is 16.5. The lowest BCUT2D eigenvalue weighted by Crippen LogP contribution is -2.00. The predicted octanol–water partition coefficient (Wildman–Crippen LogP) is 2.47. The first kappa shape index (κ1) is 11.7. The molecule has 3 aromatic rings. The van der Waals surface area contributed by atoms with Gasteiger partial charge in [-0.05, 0) is 35.9 Å². The summed E-state index contributed by atoms with van der Waals surface area (Å²) in [6.07, 6.45) is 3.75. The maximum Gasteiger partial charge on any atom is 0.137 e. The first-order valence-corrected chi connectivity index (χ1v) is 6.13. The summed E-state index contributed by atoms with van der Waals surface area (Å²) >= 11 is 0. The molecule has 0 bridgehead atoms. The van der Waals surface area contributed by atoms with E-state index in [4.69, 9.17) is 10.5 Å². The van der Waals surface area contributed by atoms with Gasteiger partial charge in [0.05, 0.1) is 12.8 Å². The molecule has 0 saturated carbocycles. The maximum atomic E-state index is 5.77. The van der Waals surface area contributed by atoms with Gasteiger partial charge in [-0.25, -0.2) is 4.98 Å². The molecule has 0 saturated heterocycles. The third-order valence-electron chi connectivity index (χ3n) is 3.22. The molecule has 0 aliphatic heterocycles. The van der Waals surface area contributed by atoms with Gasteiger partial charge in [-0.1, -0.05) is 6.07 Å². The number of benzene rings is 1. The Hall–Kier alpha value is -2.33. The minimum Gasteiger partial charge on any atom is -0.496 e. The van der Waals surface area contributed by atoms with Gasteiger partial charge in [0.1, 0.15) is 11.4 Å². The minimum absolute atomic E-state index is 0.455. The first-order valence-electron chi connectivity index (χ1n) is 6.13. The Kier molecular flexibility index (Phi) is 2.93. The van der Waals surface area contributed by atoms with Crippen molar-refractivity contribution in [3.05, 3.63) is 54.4 Å². The molecule has 0 amide bonds. The standard InChI is InChI=1S/C15H15N3O/c1-19-14-6-5-11(9-12(14)10-16)13-3-2-4-15-17-7-8-18(13)15/h2-9H,10,16H2,1H3. The van der Waals surface area contributed by atoms with E-state index in [1.165, 1.54) is 0 Å². The van der Waals surface area contributed by atoms with E-state index in [2.05, 4.69) is 21.5 Å². The number of aromatic nitrogens is 2. The molecule has 19 heavy (non-hydrogen) atoms. The quantitative estimate of drug-likeness (QED) is 0.780. The van der Waals surface area contributed by atoms with Crippen LogP contribution in [0.5, 0.6) is 5.75 Å². The second-order valence-electron chi connectivity index (χ2n) is 4.30. The fraction of sp³-hybridized carbons (Fsp3) is 0.133. The van der Waals surface area contributed by atoms with Gasteiger partial charge < -0.3 is 10.5 Å². The largest absolute Gasteiger partial charge is 0.496 e. The van der Waals surface area contributed by atoms with Crippen LogP contribution in [0.25, 0.3) is 16.9 Å². The summed E-state index contributed by atoms with van der Waals surface area (Å²) in [7, 11) is 1.66. The van der Waals surface area contributed by atoms with Gasteiger partial charge in [-0.15, -0.1) is 0 Å². The van der Waals surface area contributed by atoms with Crippen molar-refractivity contribution in [2.45, 2.75) is 6.54 Å². The third kappa shape index (κ3) is 1.96. The average molecular weight is 253 g/mol. The maximum absolute atomic E-state index is 5.77. The fourth-order valence-electron chi connectivity index (χ4n) is 2.28. The molecule has 0 fully saturated rings. The van der Waals surface area contributed by atoms with Crippen LogP contribution in [0, 0.1) is 0 Å². The lowest BCUT2D eigenvalue weighted by Gasteiger charge is -2.10. The molecule has 4 nitrogen and oxygen atoms in total. The molecule has 3 rings (SSSR count). The van der Waals surface area contributed by atoms with Crippen LogP contribution in [-0.4, -0.2) is 16.5 Å². The van der Waals surface area contributed by atoms with Crippen molar-refractivity contribution in [2.75, 3.05) is 7.11 Å². The molecule has 0 unspecified atom stereocenters. The van der Waals surface area contributed by atoms with Crippen molar-refractivity contribution >= 4 is 5.65 Å².